The standard InChI is InChI=1S/C24H34O3/c1-17-19-14-22(26)24(16-25)12-7-6-10-21(24)23(19,2)13-11-20(17)27-15-18-8-4-3-5-9-18/h3-9,17,19-22,25-26H,10-16H2,1-2H3/t17-,19-,20-,21-,22-,23-,24+/m0/s1. The van der Waals surface area contributed by atoms with Crippen LogP contribution in [-0.2, 0) is 11.3 Å². The van der Waals surface area contributed by atoms with E-state index in [-0.39, 0.29) is 23.5 Å². The van der Waals surface area contributed by atoms with E-state index in [1.165, 1.54) is 5.56 Å². The molecule has 7 atom stereocenters. The Morgan fingerprint density at radius 3 is 2.70 bits per heavy atom. The van der Waals surface area contributed by atoms with Crippen LogP contribution in [0.1, 0.15) is 51.5 Å². The number of allylic oxidation sites excluding steroid dienone is 2. The molecule has 0 amide bonds. The summed E-state index contributed by atoms with van der Waals surface area (Å²) in [7, 11) is 0. The number of hydrogen-bond acceptors (Lipinski definition) is 3. The summed E-state index contributed by atoms with van der Waals surface area (Å²) in [6.07, 6.45) is 9.01. The van der Waals surface area contributed by atoms with Gasteiger partial charge in [0.05, 0.1) is 25.4 Å². The monoisotopic (exact) mass is 370 g/mol. The molecule has 3 nitrogen and oxygen atoms in total. The second-order valence-corrected chi connectivity index (χ2v) is 9.45. The van der Waals surface area contributed by atoms with Gasteiger partial charge in [-0.2, -0.15) is 0 Å². The van der Waals surface area contributed by atoms with E-state index in [9.17, 15) is 10.2 Å². The van der Waals surface area contributed by atoms with Crippen LogP contribution in [0.3, 0.4) is 0 Å². The second-order valence-electron chi connectivity index (χ2n) is 9.45. The van der Waals surface area contributed by atoms with Gasteiger partial charge in [-0.05, 0) is 60.8 Å². The van der Waals surface area contributed by atoms with Crippen molar-refractivity contribution in [2.45, 2.75) is 64.8 Å². The molecule has 27 heavy (non-hydrogen) atoms. The van der Waals surface area contributed by atoms with Gasteiger partial charge < -0.3 is 14.9 Å². The maximum absolute atomic E-state index is 11.1. The van der Waals surface area contributed by atoms with Gasteiger partial charge in [0.25, 0.3) is 0 Å². The fourth-order valence-electron chi connectivity index (χ4n) is 6.65. The molecule has 0 heterocycles. The average molecular weight is 371 g/mol. The van der Waals surface area contributed by atoms with Gasteiger partial charge in [-0.25, -0.2) is 0 Å². The first-order chi connectivity index (χ1) is 13.0. The molecule has 2 N–H and O–H groups in total. The molecule has 2 fully saturated rings. The SMILES string of the molecule is C[C@@H]1[C@@H](OCc2ccccc2)CC[C@@]2(C)[C@H]1C[C@H](O)[C@@]1(CO)CC=CC[C@@H]21. The molecule has 0 radical (unpaired) electrons. The summed E-state index contributed by atoms with van der Waals surface area (Å²) in [4.78, 5) is 0. The molecule has 0 bridgehead atoms. The van der Waals surface area contributed by atoms with Crippen molar-refractivity contribution in [3.8, 4) is 0 Å². The molecule has 3 heteroatoms. The van der Waals surface area contributed by atoms with Crippen LogP contribution in [0.5, 0.6) is 0 Å². The third kappa shape index (κ3) is 3.08. The van der Waals surface area contributed by atoms with Gasteiger partial charge in [0.15, 0.2) is 0 Å². The van der Waals surface area contributed by atoms with Crippen LogP contribution in [-0.4, -0.2) is 29.0 Å². The van der Waals surface area contributed by atoms with Crippen LogP contribution in [0.15, 0.2) is 42.5 Å². The fraction of sp³-hybridized carbons (Fsp3) is 0.667. The highest BCUT2D eigenvalue weighted by molar-refractivity contribution is 5.16. The lowest BCUT2D eigenvalue weighted by molar-refractivity contribution is -0.206. The van der Waals surface area contributed by atoms with Gasteiger partial charge in [0.2, 0.25) is 0 Å². The van der Waals surface area contributed by atoms with E-state index in [1.54, 1.807) is 0 Å². The third-order valence-electron chi connectivity index (χ3n) is 8.30. The summed E-state index contributed by atoms with van der Waals surface area (Å²) in [6.45, 7) is 5.49. The highest BCUT2D eigenvalue weighted by Gasteiger charge is 2.61. The molecule has 0 unspecified atom stereocenters. The number of ether oxygens (including phenoxy) is 1. The minimum Gasteiger partial charge on any atom is -0.396 e. The summed E-state index contributed by atoms with van der Waals surface area (Å²) in [5, 5.41) is 21.3. The lowest BCUT2D eigenvalue weighted by Gasteiger charge is -2.63. The number of aliphatic hydroxyl groups is 2. The van der Waals surface area contributed by atoms with Gasteiger partial charge in [0.1, 0.15) is 0 Å². The number of aliphatic hydroxyl groups excluding tert-OH is 2. The Bertz CT molecular complexity index is 671. The van der Waals surface area contributed by atoms with Crippen molar-refractivity contribution >= 4 is 0 Å². The predicted molar refractivity (Wildman–Crippen MR) is 107 cm³/mol. The minimum atomic E-state index is -0.425. The Morgan fingerprint density at radius 2 is 1.96 bits per heavy atom. The molecule has 0 saturated heterocycles. The molecule has 3 aliphatic rings. The first kappa shape index (κ1) is 19.2. The van der Waals surface area contributed by atoms with E-state index < -0.39 is 6.10 Å². The zero-order valence-corrected chi connectivity index (χ0v) is 16.7. The largest absolute Gasteiger partial charge is 0.396 e. The average Bonchev–Trinajstić information content (AvgIpc) is 2.70. The van der Waals surface area contributed by atoms with Crippen LogP contribution in [0.25, 0.3) is 0 Å². The van der Waals surface area contributed by atoms with Crippen molar-refractivity contribution in [3.63, 3.8) is 0 Å². The first-order valence-electron chi connectivity index (χ1n) is 10.6. The lowest BCUT2D eigenvalue weighted by Crippen LogP contribution is -2.62. The van der Waals surface area contributed by atoms with E-state index in [2.05, 4.69) is 50.3 Å². The van der Waals surface area contributed by atoms with Crippen molar-refractivity contribution in [1.82, 2.24) is 0 Å². The van der Waals surface area contributed by atoms with Crippen LogP contribution < -0.4 is 0 Å². The van der Waals surface area contributed by atoms with Crippen LogP contribution in [0.4, 0.5) is 0 Å². The van der Waals surface area contributed by atoms with E-state index in [0.717, 1.165) is 32.1 Å². The Labute approximate surface area is 163 Å². The molecule has 2 saturated carbocycles. The topological polar surface area (TPSA) is 49.7 Å². The third-order valence-corrected chi connectivity index (χ3v) is 8.30. The number of benzene rings is 1. The number of hydrogen-bond donors (Lipinski definition) is 2. The van der Waals surface area contributed by atoms with Gasteiger partial charge in [-0.15, -0.1) is 0 Å². The van der Waals surface area contributed by atoms with Gasteiger partial charge in [-0.3, -0.25) is 0 Å². The normalized spacial score (nSPS) is 43.8. The predicted octanol–water partition coefficient (Wildman–Crippen LogP) is 4.33. The molecule has 3 aliphatic carbocycles. The maximum atomic E-state index is 11.1. The zero-order valence-electron chi connectivity index (χ0n) is 16.7. The highest BCUT2D eigenvalue weighted by Crippen LogP contribution is 2.64. The Balaban J connectivity index is 1.53. The Kier molecular flexibility index (Phi) is 5.22. The molecule has 0 spiro atoms. The molecule has 0 aromatic heterocycles. The van der Waals surface area contributed by atoms with Gasteiger partial charge >= 0.3 is 0 Å². The van der Waals surface area contributed by atoms with Crippen molar-refractivity contribution in [3.05, 3.63) is 48.0 Å². The fourth-order valence-corrected chi connectivity index (χ4v) is 6.65. The molecule has 4 rings (SSSR count). The maximum Gasteiger partial charge on any atom is 0.0720 e. The highest BCUT2D eigenvalue weighted by atomic mass is 16.5. The van der Waals surface area contributed by atoms with Gasteiger partial charge in [0, 0.05) is 5.41 Å². The smallest absolute Gasteiger partial charge is 0.0720 e. The lowest BCUT2D eigenvalue weighted by atomic mass is 9.43. The quantitative estimate of drug-likeness (QED) is 0.776. The van der Waals surface area contributed by atoms with Crippen LogP contribution >= 0.6 is 0 Å². The summed E-state index contributed by atoms with van der Waals surface area (Å²) in [5.41, 5.74) is 1.04. The first-order valence-corrected chi connectivity index (χ1v) is 10.6. The molecule has 0 aliphatic heterocycles. The van der Waals surface area contributed by atoms with Crippen molar-refractivity contribution < 1.29 is 14.9 Å². The molecule has 148 valence electrons. The summed E-state index contributed by atoms with van der Waals surface area (Å²) in [6, 6.07) is 10.4. The second kappa shape index (κ2) is 7.35. The zero-order chi connectivity index (χ0) is 19.1. The van der Waals surface area contributed by atoms with Crippen molar-refractivity contribution in [2.24, 2.45) is 28.6 Å². The number of fused-ring (bicyclic) bond motifs is 3. The molecule has 1 aromatic rings. The van der Waals surface area contributed by atoms with E-state index in [4.69, 9.17) is 4.74 Å². The summed E-state index contributed by atoms with van der Waals surface area (Å²) >= 11 is 0. The number of rotatable bonds is 4. The summed E-state index contributed by atoms with van der Waals surface area (Å²) in [5.74, 6) is 1.22. The van der Waals surface area contributed by atoms with Crippen LogP contribution in [0, 0.1) is 28.6 Å². The molecular formula is C24H34O3. The summed E-state index contributed by atoms with van der Waals surface area (Å²) < 4.78 is 6.35. The minimum absolute atomic E-state index is 0.0911. The van der Waals surface area contributed by atoms with Gasteiger partial charge in [-0.1, -0.05) is 56.3 Å². The Morgan fingerprint density at radius 1 is 1.19 bits per heavy atom. The van der Waals surface area contributed by atoms with Crippen LogP contribution in [0.2, 0.25) is 0 Å². The molecular weight excluding hydrogens is 336 g/mol. The van der Waals surface area contributed by atoms with Crippen molar-refractivity contribution in [1.29, 1.82) is 0 Å². The van der Waals surface area contributed by atoms with E-state index in [1.807, 2.05) is 6.07 Å². The van der Waals surface area contributed by atoms with E-state index >= 15 is 0 Å². The Hall–Kier alpha value is -1.16. The van der Waals surface area contributed by atoms with E-state index in [0.29, 0.717) is 24.4 Å². The molecule has 1 aromatic carbocycles. The van der Waals surface area contributed by atoms with Crippen molar-refractivity contribution in [2.75, 3.05) is 6.61 Å².